The molecule has 0 saturated carbocycles. The quantitative estimate of drug-likeness (QED) is 0.751. The number of carbonyl (C=O) groups excluding carboxylic acids is 1. The number of nitrogens with one attached hydrogen (secondary N) is 1. The zero-order chi connectivity index (χ0) is 19.7. The summed E-state index contributed by atoms with van der Waals surface area (Å²) in [5.74, 6) is 0.664. The molecule has 2 aromatic heterocycles. The largest absolute Gasteiger partial charge is 0.477 e. The Kier molecular flexibility index (Phi) is 5.35. The molecule has 1 aliphatic heterocycles. The van der Waals surface area contributed by atoms with Gasteiger partial charge in [0.25, 0.3) is 0 Å². The van der Waals surface area contributed by atoms with Crippen molar-refractivity contribution in [2.24, 2.45) is 0 Å². The third-order valence-corrected chi connectivity index (χ3v) is 5.10. The van der Waals surface area contributed by atoms with E-state index in [4.69, 9.17) is 9.26 Å². The second-order valence-corrected chi connectivity index (χ2v) is 7.66. The topological polar surface area (TPSA) is 97.5 Å². The molecule has 3 rings (SSSR count). The molecule has 0 bridgehead atoms. The first-order chi connectivity index (χ1) is 12.8. The van der Waals surface area contributed by atoms with E-state index >= 15 is 0 Å². The number of pyridine rings is 1. The summed E-state index contributed by atoms with van der Waals surface area (Å²) in [6.45, 7) is 8.07. The van der Waals surface area contributed by atoms with Gasteiger partial charge in [0.1, 0.15) is 16.7 Å². The molecule has 27 heavy (non-hydrogen) atoms. The van der Waals surface area contributed by atoms with Crippen molar-refractivity contribution in [1.82, 2.24) is 15.5 Å². The molecule has 3 heterocycles. The number of ether oxygens (including phenoxy) is 1. The number of aromatic nitrogens is 2. The molecule has 2 aromatic rings. The Morgan fingerprint density at radius 2 is 2.30 bits per heavy atom. The first-order valence-electron chi connectivity index (χ1n) is 9.34. The van der Waals surface area contributed by atoms with Gasteiger partial charge in [0.05, 0.1) is 12.2 Å². The van der Waals surface area contributed by atoms with Gasteiger partial charge in [-0.15, -0.1) is 0 Å². The van der Waals surface area contributed by atoms with Crippen molar-refractivity contribution in [3.05, 3.63) is 41.4 Å². The van der Waals surface area contributed by atoms with Crippen LogP contribution in [-0.4, -0.2) is 40.2 Å². The summed E-state index contributed by atoms with van der Waals surface area (Å²) >= 11 is 0. The minimum atomic E-state index is -1.15. The Labute approximate surface area is 159 Å². The maximum absolute atomic E-state index is 13.7. The molecule has 0 spiro atoms. The lowest BCUT2D eigenvalue weighted by Crippen LogP contribution is -2.52. The van der Waals surface area contributed by atoms with Crippen LogP contribution in [0.3, 0.4) is 0 Å². The van der Waals surface area contributed by atoms with Crippen LogP contribution in [0.2, 0.25) is 0 Å². The van der Waals surface area contributed by atoms with Crippen LogP contribution in [0.25, 0.3) is 0 Å². The molecule has 2 atom stereocenters. The maximum atomic E-state index is 13.7. The molecule has 7 heteroatoms. The van der Waals surface area contributed by atoms with Crippen LogP contribution in [0.15, 0.2) is 28.9 Å². The van der Waals surface area contributed by atoms with Gasteiger partial charge in [-0.3, -0.25) is 4.79 Å². The molecule has 1 aliphatic rings. The van der Waals surface area contributed by atoms with Crippen LogP contribution in [0.5, 0.6) is 5.88 Å². The van der Waals surface area contributed by atoms with Crippen molar-refractivity contribution < 1.29 is 19.2 Å². The van der Waals surface area contributed by atoms with Crippen LogP contribution < -0.4 is 10.1 Å². The third-order valence-electron chi connectivity index (χ3n) is 5.10. The Morgan fingerprint density at radius 3 is 2.89 bits per heavy atom. The normalized spacial score (nSPS) is 23.2. The van der Waals surface area contributed by atoms with Crippen molar-refractivity contribution in [2.75, 3.05) is 13.2 Å². The molecular weight excluding hydrogens is 346 g/mol. The molecule has 0 amide bonds. The second kappa shape index (κ2) is 7.40. The van der Waals surface area contributed by atoms with Crippen molar-refractivity contribution >= 4 is 5.78 Å². The fraction of sp³-hybridized carbons (Fsp3) is 0.550. The Morgan fingerprint density at radius 1 is 1.52 bits per heavy atom. The van der Waals surface area contributed by atoms with Crippen LogP contribution >= 0.6 is 0 Å². The average molecular weight is 373 g/mol. The molecule has 146 valence electrons. The van der Waals surface area contributed by atoms with Gasteiger partial charge in [-0.2, -0.15) is 0 Å². The highest BCUT2D eigenvalue weighted by Gasteiger charge is 2.47. The smallest absolute Gasteiger partial charge is 0.224 e. The summed E-state index contributed by atoms with van der Waals surface area (Å²) < 4.78 is 11.2. The summed E-state index contributed by atoms with van der Waals surface area (Å²) in [6.07, 6.45) is 3.03. The lowest BCUT2D eigenvalue weighted by molar-refractivity contribution is 0.0695. The fourth-order valence-electron chi connectivity index (χ4n) is 3.38. The van der Waals surface area contributed by atoms with Crippen LogP contribution in [0.1, 0.15) is 62.3 Å². The van der Waals surface area contributed by atoms with Gasteiger partial charge in [0.15, 0.2) is 11.5 Å². The molecule has 0 radical (unpaired) electrons. The highest BCUT2D eigenvalue weighted by molar-refractivity contribution is 6.05. The number of hydrogen-bond donors (Lipinski definition) is 2. The lowest BCUT2D eigenvalue weighted by Gasteiger charge is -2.37. The van der Waals surface area contributed by atoms with E-state index in [0.29, 0.717) is 48.5 Å². The van der Waals surface area contributed by atoms with E-state index in [1.54, 1.807) is 38.2 Å². The number of Topliss-reactive ketones (excluding diaryl/α,β-unsaturated/α-hetero) is 1. The third kappa shape index (κ3) is 3.75. The van der Waals surface area contributed by atoms with E-state index in [2.05, 4.69) is 22.4 Å². The summed E-state index contributed by atoms with van der Waals surface area (Å²) in [4.78, 5) is 17.9. The Balaban J connectivity index is 2.06. The van der Waals surface area contributed by atoms with Crippen LogP contribution in [0, 0.1) is 0 Å². The Hall–Kier alpha value is -2.25. The van der Waals surface area contributed by atoms with Crippen molar-refractivity contribution in [3.8, 4) is 5.88 Å². The van der Waals surface area contributed by atoms with E-state index in [1.165, 1.54) is 0 Å². The average Bonchev–Trinajstić information content (AvgIpc) is 3.14. The maximum Gasteiger partial charge on any atom is 0.224 e. The van der Waals surface area contributed by atoms with E-state index in [0.717, 1.165) is 6.42 Å². The van der Waals surface area contributed by atoms with E-state index in [1.807, 2.05) is 6.92 Å². The minimum Gasteiger partial charge on any atom is -0.477 e. The minimum absolute atomic E-state index is 0.114. The first kappa shape index (κ1) is 19.5. The molecule has 0 aromatic carbocycles. The van der Waals surface area contributed by atoms with Gasteiger partial charge in [-0.1, -0.05) is 5.16 Å². The van der Waals surface area contributed by atoms with Crippen LogP contribution in [-0.2, 0) is 11.0 Å². The fourth-order valence-corrected chi connectivity index (χ4v) is 3.38. The highest BCUT2D eigenvalue weighted by Crippen LogP contribution is 2.39. The molecule has 1 fully saturated rings. The van der Waals surface area contributed by atoms with Gasteiger partial charge in [-0.05, 0) is 52.7 Å². The predicted molar refractivity (Wildman–Crippen MR) is 99.9 cm³/mol. The molecule has 0 aliphatic carbocycles. The second-order valence-electron chi connectivity index (χ2n) is 7.66. The van der Waals surface area contributed by atoms with E-state index in [-0.39, 0.29) is 5.78 Å². The predicted octanol–water partition coefficient (Wildman–Crippen LogP) is 2.59. The number of piperidine rings is 1. The zero-order valence-corrected chi connectivity index (χ0v) is 16.3. The number of hydrogen-bond acceptors (Lipinski definition) is 7. The molecule has 1 saturated heterocycles. The van der Waals surface area contributed by atoms with Gasteiger partial charge >= 0.3 is 0 Å². The van der Waals surface area contributed by atoms with Gasteiger partial charge < -0.3 is 19.7 Å². The van der Waals surface area contributed by atoms with Gasteiger partial charge in [0.2, 0.25) is 5.88 Å². The van der Waals surface area contributed by atoms with Gasteiger partial charge in [0, 0.05) is 24.8 Å². The standard InChI is InChI=1S/C20H27N3O4/c1-5-26-18-14(7-6-10-21-18)17(24)20(9-8-13(2)22-12-20)16-11-15(23-27-16)19(3,4)25/h6-7,10-11,13,22,25H,5,8-9,12H2,1-4H3/t13-,20-/m1/s1. The van der Waals surface area contributed by atoms with E-state index in [9.17, 15) is 9.90 Å². The number of ketones is 1. The summed E-state index contributed by atoms with van der Waals surface area (Å²) in [5.41, 5.74) is -1.24. The number of aliphatic hydroxyl groups is 1. The molecule has 0 unspecified atom stereocenters. The summed E-state index contributed by atoms with van der Waals surface area (Å²) in [6, 6.07) is 5.45. The number of rotatable bonds is 6. The molecular formula is C20H27N3O4. The van der Waals surface area contributed by atoms with Crippen molar-refractivity contribution in [2.45, 2.75) is 57.6 Å². The van der Waals surface area contributed by atoms with Crippen LogP contribution in [0.4, 0.5) is 0 Å². The zero-order valence-electron chi connectivity index (χ0n) is 16.3. The first-order valence-corrected chi connectivity index (χ1v) is 9.34. The number of carbonyl (C=O) groups is 1. The Bertz CT molecular complexity index is 802. The summed E-state index contributed by atoms with van der Waals surface area (Å²) in [7, 11) is 0. The van der Waals surface area contributed by atoms with Crippen molar-refractivity contribution in [1.29, 1.82) is 0 Å². The molecule has 2 N–H and O–H groups in total. The SMILES string of the molecule is CCOc1ncccc1C(=O)[C@]1(c2cc(C(C)(C)O)no2)CC[C@@H](C)NC1. The highest BCUT2D eigenvalue weighted by atomic mass is 16.5. The molecule has 7 nitrogen and oxygen atoms in total. The van der Waals surface area contributed by atoms with E-state index < -0.39 is 11.0 Å². The lowest BCUT2D eigenvalue weighted by atomic mass is 9.71. The van der Waals surface area contributed by atoms with Gasteiger partial charge in [-0.25, -0.2) is 4.98 Å². The summed E-state index contributed by atoms with van der Waals surface area (Å²) in [5, 5.41) is 17.6. The van der Waals surface area contributed by atoms with Crippen molar-refractivity contribution in [3.63, 3.8) is 0 Å². The number of nitrogens with zero attached hydrogens (tertiary/aromatic N) is 2. The monoisotopic (exact) mass is 373 g/mol.